The molecule has 0 saturated carbocycles. The van der Waals surface area contributed by atoms with E-state index in [0.717, 1.165) is 0 Å². The molecule has 0 unspecified atom stereocenters. The summed E-state index contributed by atoms with van der Waals surface area (Å²) in [5, 5.41) is 9.07. The zero-order chi connectivity index (χ0) is 16.3. The Kier molecular flexibility index (Phi) is 4.60. The van der Waals surface area contributed by atoms with E-state index in [1.54, 1.807) is 25.1 Å². The number of hydrogen-bond donors (Lipinski definition) is 1. The van der Waals surface area contributed by atoms with Gasteiger partial charge in [0, 0.05) is 31.6 Å². The lowest BCUT2D eigenvalue weighted by atomic mass is 10.2. The van der Waals surface area contributed by atoms with Crippen LogP contribution in [0.4, 0.5) is 4.39 Å². The Balaban J connectivity index is 2.21. The van der Waals surface area contributed by atoms with E-state index >= 15 is 0 Å². The van der Waals surface area contributed by atoms with Gasteiger partial charge in [0.25, 0.3) is 5.91 Å². The van der Waals surface area contributed by atoms with Gasteiger partial charge in [-0.2, -0.15) is 0 Å². The summed E-state index contributed by atoms with van der Waals surface area (Å²) < 4.78 is 18.9. The Bertz CT molecular complexity index is 708. The lowest BCUT2D eigenvalue weighted by Gasteiger charge is -2.16. The van der Waals surface area contributed by atoms with Crippen molar-refractivity contribution in [3.63, 3.8) is 0 Å². The zero-order valence-corrected chi connectivity index (χ0v) is 12.3. The van der Waals surface area contributed by atoms with Crippen molar-refractivity contribution in [1.29, 1.82) is 0 Å². The summed E-state index contributed by atoms with van der Waals surface area (Å²) in [6, 6.07) is 7.36. The van der Waals surface area contributed by atoms with Crippen LogP contribution in [0.25, 0.3) is 0 Å². The first kappa shape index (κ1) is 15.8. The molecule has 0 atom stereocenters. The number of benzene rings is 1. The van der Waals surface area contributed by atoms with E-state index in [-0.39, 0.29) is 23.6 Å². The average Bonchev–Trinajstić information content (AvgIpc) is 2.93. The van der Waals surface area contributed by atoms with Crippen LogP contribution in [0, 0.1) is 5.82 Å². The Hall–Kier alpha value is -2.63. The number of carbonyl (C=O) groups excluding carboxylic acids is 1. The fraction of sp³-hybridized carbons (Fsp3) is 0.250. The maximum Gasteiger partial charge on any atom is 0.339 e. The number of carboxylic acids is 1. The smallest absolute Gasteiger partial charge is 0.339 e. The molecule has 2 aromatic rings. The summed E-state index contributed by atoms with van der Waals surface area (Å²) in [5.74, 6) is -1.85. The Morgan fingerprint density at radius 3 is 2.55 bits per heavy atom. The highest BCUT2D eigenvalue weighted by Crippen LogP contribution is 2.19. The van der Waals surface area contributed by atoms with E-state index < -0.39 is 17.7 Å². The molecule has 1 N–H and O–H groups in total. The molecule has 0 aliphatic carbocycles. The van der Waals surface area contributed by atoms with E-state index in [1.165, 1.54) is 24.1 Å². The lowest BCUT2D eigenvalue weighted by Crippen LogP contribution is -2.26. The first-order chi connectivity index (χ1) is 10.4. The number of carbonyl (C=O) groups is 2. The van der Waals surface area contributed by atoms with Gasteiger partial charge in [-0.1, -0.05) is 25.1 Å². The van der Waals surface area contributed by atoms with Crippen molar-refractivity contribution in [1.82, 2.24) is 4.90 Å². The van der Waals surface area contributed by atoms with E-state index in [2.05, 4.69) is 0 Å². The molecule has 0 fully saturated rings. The van der Waals surface area contributed by atoms with Gasteiger partial charge in [0.2, 0.25) is 0 Å². The fourth-order valence-corrected chi connectivity index (χ4v) is 2.12. The predicted molar refractivity (Wildman–Crippen MR) is 77.2 cm³/mol. The summed E-state index contributed by atoms with van der Waals surface area (Å²) in [7, 11) is 1.50. The van der Waals surface area contributed by atoms with Crippen molar-refractivity contribution in [2.75, 3.05) is 7.05 Å². The van der Waals surface area contributed by atoms with Crippen molar-refractivity contribution < 1.29 is 23.5 Å². The van der Waals surface area contributed by atoms with Crippen LogP contribution in [0.1, 0.15) is 39.2 Å². The van der Waals surface area contributed by atoms with Crippen LogP contribution in [-0.2, 0) is 13.0 Å². The second-order valence-electron chi connectivity index (χ2n) is 4.86. The molecule has 22 heavy (non-hydrogen) atoms. The van der Waals surface area contributed by atoms with Gasteiger partial charge in [-0.15, -0.1) is 0 Å². The SMILES string of the molecule is CCc1oc(C(=O)N(C)Cc2ccccc2F)cc1C(=O)O. The first-order valence-corrected chi connectivity index (χ1v) is 6.79. The Morgan fingerprint density at radius 1 is 1.32 bits per heavy atom. The number of nitrogens with zero attached hydrogens (tertiary/aromatic N) is 1. The number of amides is 1. The normalized spacial score (nSPS) is 10.5. The molecule has 1 heterocycles. The van der Waals surface area contributed by atoms with Crippen molar-refractivity contribution in [2.24, 2.45) is 0 Å². The van der Waals surface area contributed by atoms with Crippen molar-refractivity contribution >= 4 is 11.9 Å². The molecule has 1 amide bonds. The van der Waals surface area contributed by atoms with Crippen molar-refractivity contribution in [2.45, 2.75) is 19.9 Å². The summed E-state index contributed by atoms with van der Waals surface area (Å²) in [4.78, 5) is 24.6. The second kappa shape index (κ2) is 6.43. The molecule has 0 spiro atoms. The van der Waals surface area contributed by atoms with Crippen molar-refractivity contribution in [3.8, 4) is 0 Å². The molecular formula is C16H16FNO4. The average molecular weight is 305 g/mol. The Labute approximate surface area is 127 Å². The summed E-state index contributed by atoms with van der Waals surface area (Å²) in [6.45, 7) is 1.80. The van der Waals surface area contributed by atoms with Crippen LogP contribution in [0.3, 0.4) is 0 Å². The molecule has 6 heteroatoms. The van der Waals surface area contributed by atoms with Crippen LogP contribution in [0.2, 0.25) is 0 Å². The summed E-state index contributed by atoms with van der Waals surface area (Å²) in [5.41, 5.74) is 0.351. The van der Waals surface area contributed by atoms with Gasteiger partial charge < -0.3 is 14.4 Å². The van der Waals surface area contributed by atoms with Crippen LogP contribution in [0.15, 0.2) is 34.7 Å². The second-order valence-corrected chi connectivity index (χ2v) is 4.86. The highest BCUT2D eigenvalue weighted by atomic mass is 19.1. The van der Waals surface area contributed by atoms with Gasteiger partial charge in [-0.3, -0.25) is 4.79 Å². The maximum atomic E-state index is 13.6. The molecule has 1 aromatic heterocycles. The third kappa shape index (κ3) is 3.16. The predicted octanol–water partition coefficient (Wildman–Crippen LogP) is 2.95. The highest BCUT2D eigenvalue weighted by Gasteiger charge is 2.22. The molecule has 0 aliphatic heterocycles. The molecule has 0 bridgehead atoms. The third-order valence-electron chi connectivity index (χ3n) is 3.28. The molecule has 0 aliphatic rings. The Morgan fingerprint density at radius 2 is 2.00 bits per heavy atom. The number of aromatic carboxylic acids is 1. The minimum Gasteiger partial charge on any atom is -0.478 e. The van der Waals surface area contributed by atoms with Gasteiger partial charge in [0.05, 0.1) is 0 Å². The number of halogens is 1. The highest BCUT2D eigenvalue weighted by molar-refractivity contribution is 5.96. The van der Waals surface area contributed by atoms with Crippen LogP contribution in [-0.4, -0.2) is 28.9 Å². The molecule has 2 rings (SSSR count). The van der Waals surface area contributed by atoms with Gasteiger partial charge in [0.15, 0.2) is 5.76 Å². The van der Waals surface area contributed by atoms with Gasteiger partial charge in [0.1, 0.15) is 17.1 Å². The summed E-state index contributed by atoms with van der Waals surface area (Å²) in [6.07, 6.45) is 0.367. The molecule has 1 aromatic carbocycles. The molecule has 0 radical (unpaired) electrons. The largest absolute Gasteiger partial charge is 0.478 e. The minimum absolute atomic E-state index is 0.0230. The maximum absolute atomic E-state index is 13.6. The standard InChI is InChI=1S/C16H16FNO4/c1-3-13-11(16(20)21)8-14(22-13)15(19)18(2)9-10-6-4-5-7-12(10)17/h4-8H,3,9H2,1-2H3,(H,20,21). The van der Waals surface area contributed by atoms with Crippen LogP contribution in [0.5, 0.6) is 0 Å². The topological polar surface area (TPSA) is 70.8 Å². The number of rotatable bonds is 5. The fourth-order valence-electron chi connectivity index (χ4n) is 2.12. The molecular weight excluding hydrogens is 289 g/mol. The van der Waals surface area contributed by atoms with Crippen molar-refractivity contribution in [3.05, 3.63) is 58.8 Å². The quantitative estimate of drug-likeness (QED) is 0.922. The van der Waals surface area contributed by atoms with Crippen LogP contribution >= 0.6 is 0 Å². The zero-order valence-electron chi connectivity index (χ0n) is 12.3. The number of carboxylic acid groups (broad SMARTS) is 1. The van der Waals surface area contributed by atoms with Crippen LogP contribution < -0.4 is 0 Å². The number of furan rings is 1. The van der Waals surface area contributed by atoms with E-state index in [0.29, 0.717) is 12.0 Å². The third-order valence-corrected chi connectivity index (χ3v) is 3.28. The van der Waals surface area contributed by atoms with Gasteiger partial charge in [-0.25, -0.2) is 9.18 Å². The van der Waals surface area contributed by atoms with Gasteiger partial charge >= 0.3 is 5.97 Å². The molecule has 0 saturated heterocycles. The van der Waals surface area contributed by atoms with E-state index in [4.69, 9.17) is 9.52 Å². The monoisotopic (exact) mass is 305 g/mol. The molecule has 5 nitrogen and oxygen atoms in total. The van der Waals surface area contributed by atoms with E-state index in [9.17, 15) is 14.0 Å². The number of hydrogen-bond acceptors (Lipinski definition) is 3. The first-order valence-electron chi connectivity index (χ1n) is 6.79. The van der Waals surface area contributed by atoms with E-state index in [1.807, 2.05) is 0 Å². The number of aryl methyl sites for hydroxylation is 1. The molecule has 116 valence electrons. The summed E-state index contributed by atoms with van der Waals surface area (Å²) >= 11 is 0. The van der Waals surface area contributed by atoms with Gasteiger partial charge in [-0.05, 0) is 6.07 Å². The minimum atomic E-state index is -1.14. The lowest BCUT2D eigenvalue weighted by molar-refractivity contribution is 0.0692.